The number of halogens is 1. The first-order valence-corrected chi connectivity index (χ1v) is 7.47. The highest BCUT2D eigenvalue weighted by molar-refractivity contribution is 9.10. The van der Waals surface area contributed by atoms with E-state index in [0.29, 0.717) is 13.4 Å². The summed E-state index contributed by atoms with van der Waals surface area (Å²) in [6.07, 6.45) is 0.140. The minimum absolute atomic E-state index is 0.140. The number of ether oxygens (including phenoxy) is 4. The molecule has 0 unspecified atom stereocenters. The molecule has 3 rings (SSSR count). The topological polar surface area (TPSA) is 40.2 Å². The Morgan fingerprint density at radius 2 is 2.30 bits per heavy atom. The number of benzene rings is 1. The normalized spacial score (nSPS) is 22.2. The van der Waals surface area contributed by atoms with Gasteiger partial charge >= 0.3 is 0 Å². The molecular weight excluding hydrogens is 326 g/mol. The summed E-state index contributed by atoms with van der Waals surface area (Å²) in [5.74, 6) is 1.68. The molecule has 110 valence electrons. The third-order valence-electron chi connectivity index (χ3n) is 3.54. The highest BCUT2D eigenvalue weighted by Gasteiger charge is 2.25. The first kappa shape index (κ1) is 14.1. The van der Waals surface area contributed by atoms with Crippen molar-refractivity contribution in [1.82, 2.24) is 4.90 Å². The van der Waals surface area contributed by atoms with Crippen molar-refractivity contribution in [2.24, 2.45) is 0 Å². The van der Waals surface area contributed by atoms with Crippen LogP contribution in [0.4, 0.5) is 0 Å². The second-order valence-electron chi connectivity index (χ2n) is 4.94. The van der Waals surface area contributed by atoms with E-state index >= 15 is 0 Å². The van der Waals surface area contributed by atoms with Crippen molar-refractivity contribution in [3.8, 4) is 11.5 Å². The van der Waals surface area contributed by atoms with Gasteiger partial charge in [0.1, 0.15) is 0 Å². The van der Waals surface area contributed by atoms with E-state index in [4.69, 9.17) is 18.9 Å². The van der Waals surface area contributed by atoms with Crippen LogP contribution in [0.1, 0.15) is 5.56 Å². The van der Waals surface area contributed by atoms with Gasteiger partial charge in [0, 0.05) is 36.8 Å². The lowest BCUT2D eigenvalue weighted by Crippen LogP contribution is -2.43. The predicted molar refractivity (Wildman–Crippen MR) is 77.2 cm³/mol. The van der Waals surface area contributed by atoms with Gasteiger partial charge in [0.25, 0.3) is 0 Å². The molecule has 1 atom stereocenters. The van der Waals surface area contributed by atoms with Crippen LogP contribution in [0.3, 0.4) is 0 Å². The predicted octanol–water partition coefficient (Wildman–Crippen LogP) is 2.02. The standard InChI is InChI=1S/C14H18BrNO4/c1-17-8-10-6-16(4-5-18-10)7-11-12(15)2-3-13-14(11)20-9-19-13/h2-3,10H,4-9H2,1H3/t10-/m1/s1. The summed E-state index contributed by atoms with van der Waals surface area (Å²) in [6, 6.07) is 3.94. The van der Waals surface area contributed by atoms with Crippen LogP contribution >= 0.6 is 15.9 Å². The lowest BCUT2D eigenvalue weighted by atomic mass is 10.1. The van der Waals surface area contributed by atoms with Gasteiger partial charge in [0.2, 0.25) is 6.79 Å². The monoisotopic (exact) mass is 343 g/mol. The van der Waals surface area contributed by atoms with Crippen molar-refractivity contribution >= 4 is 15.9 Å². The molecule has 0 aliphatic carbocycles. The van der Waals surface area contributed by atoms with Gasteiger partial charge in [-0.1, -0.05) is 15.9 Å². The van der Waals surface area contributed by atoms with Gasteiger partial charge in [0.15, 0.2) is 11.5 Å². The summed E-state index contributed by atoms with van der Waals surface area (Å²) >= 11 is 3.60. The number of morpholine rings is 1. The van der Waals surface area contributed by atoms with Crippen molar-refractivity contribution in [1.29, 1.82) is 0 Å². The summed E-state index contributed by atoms with van der Waals surface area (Å²) in [6.45, 7) is 4.26. The minimum Gasteiger partial charge on any atom is -0.454 e. The van der Waals surface area contributed by atoms with E-state index in [1.54, 1.807) is 7.11 Å². The van der Waals surface area contributed by atoms with E-state index in [1.807, 2.05) is 12.1 Å². The molecule has 2 aliphatic heterocycles. The van der Waals surface area contributed by atoms with Gasteiger partial charge < -0.3 is 18.9 Å². The maximum absolute atomic E-state index is 5.67. The maximum Gasteiger partial charge on any atom is 0.231 e. The van der Waals surface area contributed by atoms with E-state index < -0.39 is 0 Å². The zero-order valence-electron chi connectivity index (χ0n) is 11.4. The van der Waals surface area contributed by atoms with Crippen LogP contribution in [0.2, 0.25) is 0 Å². The maximum atomic E-state index is 5.67. The Labute approximate surface area is 126 Å². The van der Waals surface area contributed by atoms with Gasteiger partial charge in [-0.05, 0) is 12.1 Å². The molecule has 0 N–H and O–H groups in total. The number of hydrogen-bond donors (Lipinski definition) is 0. The molecular formula is C14H18BrNO4. The molecule has 1 saturated heterocycles. The van der Waals surface area contributed by atoms with Crippen molar-refractivity contribution in [2.75, 3.05) is 40.2 Å². The summed E-state index contributed by atoms with van der Waals surface area (Å²) in [4.78, 5) is 2.36. The molecule has 0 saturated carbocycles. The average Bonchev–Trinajstić information content (AvgIpc) is 2.91. The molecule has 0 spiro atoms. The Kier molecular flexibility index (Phi) is 4.45. The Morgan fingerprint density at radius 1 is 1.40 bits per heavy atom. The van der Waals surface area contributed by atoms with Gasteiger partial charge in [-0.2, -0.15) is 0 Å². The van der Waals surface area contributed by atoms with Gasteiger partial charge in [0.05, 0.1) is 19.3 Å². The van der Waals surface area contributed by atoms with Crippen molar-refractivity contribution in [3.05, 3.63) is 22.2 Å². The van der Waals surface area contributed by atoms with Crippen LogP contribution in [0, 0.1) is 0 Å². The SMILES string of the molecule is COC[C@H]1CN(Cc2c(Br)ccc3c2OCO3)CCO1. The molecule has 0 bridgehead atoms. The fourth-order valence-corrected chi connectivity index (χ4v) is 3.03. The summed E-state index contributed by atoms with van der Waals surface area (Å²) in [7, 11) is 1.70. The van der Waals surface area contributed by atoms with Gasteiger partial charge in [-0.25, -0.2) is 0 Å². The van der Waals surface area contributed by atoms with Crippen molar-refractivity contribution in [2.45, 2.75) is 12.6 Å². The lowest BCUT2D eigenvalue weighted by molar-refractivity contribution is -0.0632. The van der Waals surface area contributed by atoms with Crippen LogP contribution in [-0.2, 0) is 16.0 Å². The summed E-state index contributed by atoms with van der Waals surface area (Å²) in [5.41, 5.74) is 1.14. The molecule has 0 amide bonds. The second-order valence-corrected chi connectivity index (χ2v) is 5.80. The van der Waals surface area contributed by atoms with E-state index in [2.05, 4.69) is 20.8 Å². The Bertz CT molecular complexity index is 480. The molecule has 1 aromatic rings. The quantitative estimate of drug-likeness (QED) is 0.836. The van der Waals surface area contributed by atoms with Crippen LogP contribution < -0.4 is 9.47 Å². The molecule has 1 fully saturated rings. The lowest BCUT2D eigenvalue weighted by Gasteiger charge is -2.32. The zero-order chi connectivity index (χ0) is 13.9. The number of methoxy groups -OCH3 is 1. The van der Waals surface area contributed by atoms with Crippen LogP contribution in [-0.4, -0.2) is 51.2 Å². The molecule has 2 heterocycles. The highest BCUT2D eigenvalue weighted by atomic mass is 79.9. The molecule has 1 aromatic carbocycles. The molecule has 2 aliphatic rings. The number of hydrogen-bond acceptors (Lipinski definition) is 5. The summed E-state index contributed by atoms with van der Waals surface area (Å²) in [5, 5.41) is 0. The van der Waals surface area contributed by atoms with Gasteiger partial charge in [-0.3, -0.25) is 4.90 Å². The number of nitrogens with zero attached hydrogens (tertiary/aromatic N) is 1. The van der Waals surface area contributed by atoms with E-state index in [0.717, 1.165) is 47.8 Å². The Hall–Kier alpha value is -0.820. The van der Waals surface area contributed by atoms with Crippen LogP contribution in [0.15, 0.2) is 16.6 Å². The van der Waals surface area contributed by atoms with Gasteiger partial charge in [-0.15, -0.1) is 0 Å². The third-order valence-corrected chi connectivity index (χ3v) is 4.29. The van der Waals surface area contributed by atoms with Crippen molar-refractivity contribution in [3.63, 3.8) is 0 Å². The third kappa shape index (κ3) is 2.93. The minimum atomic E-state index is 0.140. The van der Waals surface area contributed by atoms with E-state index in [9.17, 15) is 0 Å². The number of fused-ring (bicyclic) bond motifs is 1. The van der Waals surface area contributed by atoms with E-state index in [1.165, 1.54) is 0 Å². The smallest absolute Gasteiger partial charge is 0.231 e. The van der Waals surface area contributed by atoms with Crippen molar-refractivity contribution < 1.29 is 18.9 Å². The Balaban J connectivity index is 1.73. The zero-order valence-corrected chi connectivity index (χ0v) is 13.0. The first-order chi connectivity index (χ1) is 9.78. The van der Waals surface area contributed by atoms with E-state index in [-0.39, 0.29) is 6.10 Å². The molecule has 0 aromatic heterocycles. The average molecular weight is 344 g/mol. The summed E-state index contributed by atoms with van der Waals surface area (Å²) < 4.78 is 22.9. The fraction of sp³-hybridized carbons (Fsp3) is 0.571. The Morgan fingerprint density at radius 3 is 3.15 bits per heavy atom. The number of rotatable bonds is 4. The first-order valence-electron chi connectivity index (χ1n) is 6.68. The largest absolute Gasteiger partial charge is 0.454 e. The molecule has 20 heavy (non-hydrogen) atoms. The second kappa shape index (κ2) is 6.30. The highest BCUT2D eigenvalue weighted by Crippen LogP contribution is 2.40. The molecule has 5 nitrogen and oxygen atoms in total. The molecule has 0 radical (unpaired) electrons. The van der Waals surface area contributed by atoms with Crippen LogP contribution in [0.25, 0.3) is 0 Å². The fourth-order valence-electron chi connectivity index (χ4n) is 2.59. The van der Waals surface area contributed by atoms with Crippen LogP contribution in [0.5, 0.6) is 11.5 Å². The molecule has 6 heteroatoms.